The molecule has 0 aliphatic rings. The number of hydrazine groups is 9. The number of hydrogen-bond donors (Lipinski definition) is 11. The molecular formula is C21H52N10O2. The molecule has 0 saturated heterocycles. The quantitative estimate of drug-likeness (QED) is 0.0431. The van der Waals surface area contributed by atoms with E-state index in [-0.39, 0.29) is 0 Å². The molecule has 0 fully saturated rings. The van der Waals surface area contributed by atoms with Gasteiger partial charge in [0, 0.05) is 13.0 Å². The van der Waals surface area contributed by atoms with Crippen LogP contribution in [0.5, 0.6) is 0 Å². The molecule has 0 saturated carbocycles. The van der Waals surface area contributed by atoms with E-state index in [9.17, 15) is 4.79 Å². The number of carbonyl (C=O) groups is 1. The Kier molecular flexibility index (Phi) is 28.3. The van der Waals surface area contributed by atoms with Crippen LogP contribution in [0.25, 0.3) is 0 Å². The van der Waals surface area contributed by atoms with E-state index in [1.807, 2.05) is 0 Å². The second kappa shape index (κ2) is 29.1. The van der Waals surface area contributed by atoms with Gasteiger partial charge in [-0.3, -0.25) is 10.6 Å². The summed E-state index contributed by atoms with van der Waals surface area (Å²) in [6.45, 7) is 0.909. The Morgan fingerprint density at radius 1 is 0.485 bits per heavy atom. The SMILES string of the molecule is NNNNNNNNNNCCCCCCCCCCCCCCCCCCCCC(=O)O. The molecule has 0 atom stereocenters. The highest BCUT2D eigenvalue weighted by Crippen LogP contribution is 2.14. The van der Waals surface area contributed by atoms with Crippen LogP contribution in [0.1, 0.15) is 122 Å². The molecule has 12 N–H and O–H groups in total. The van der Waals surface area contributed by atoms with Crippen LogP contribution in [-0.4, -0.2) is 17.6 Å². The fraction of sp³-hybridized carbons (Fsp3) is 0.952. The molecule has 12 nitrogen and oxygen atoms in total. The van der Waals surface area contributed by atoms with Crippen molar-refractivity contribution in [2.75, 3.05) is 6.54 Å². The number of unbranched alkanes of at least 4 members (excludes halogenated alkanes) is 17. The highest BCUT2D eigenvalue weighted by atomic mass is 16.4. The highest BCUT2D eigenvalue weighted by molar-refractivity contribution is 5.66. The van der Waals surface area contributed by atoms with Crippen LogP contribution in [0, 0.1) is 0 Å². The minimum absolute atomic E-state index is 0.330. The van der Waals surface area contributed by atoms with Crippen molar-refractivity contribution in [2.45, 2.75) is 122 Å². The molecule has 0 aromatic heterocycles. The van der Waals surface area contributed by atoms with E-state index in [1.54, 1.807) is 0 Å². The Morgan fingerprint density at radius 2 is 0.818 bits per heavy atom. The van der Waals surface area contributed by atoms with Gasteiger partial charge >= 0.3 is 5.97 Å². The third-order valence-electron chi connectivity index (χ3n) is 5.48. The predicted octanol–water partition coefficient (Wildman–Crippen LogP) is 1.98. The summed E-state index contributed by atoms with van der Waals surface area (Å²) in [5.74, 6) is 4.31. The molecule has 0 bridgehead atoms. The Labute approximate surface area is 200 Å². The molecule has 12 heteroatoms. The van der Waals surface area contributed by atoms with E-state index in [2.05, 4.69) is 49.7 Å². The summed E-state index contributed by atoms with van der Waals surface area (Å²) in [7, 11) is 0. The fourth-order valence-corrected chi connectivity index (χ4v) is 3.62. The third-order valence-corrected chi connectivity index (χ3v) is 5.48. The number of rotatable bonds is 29. The first-order valence-corrected chi connectivity index (χ1v) is 12.9. The first kappa shape index (κ1) is 32.1. The zero-order chi connectivity index (χ0) is 24.1. The van der Waals surface area contributed by atoms with Gasteiger partial charge in [-0.1, -0.05) is 103 Å². The number of hydrogen-bond acceptors (Lipinski definition) is 11. The summed E-state index contributed by atoms with van der Waals surface area (Å²) >= 11 is 0. The van der Waals surface area contributed by atoms with Gasteiger partial charge in [-0.2, -0.15) is 44.3 Å². The molecule has 0 rings (SSSR count). The van der Waals surface area contributed by atoms with Crippen molar-refractivity contribution in [2.24, 2.45) is 5.84 Å². The van der Waals surface area contributed by atoms with Gasteiger partial charge < -0.3 is 5.11 Å². The van der Waals surface area contributed by atoms with Crippen LogP contribution in [0.15, 0.2) is 0 Å². The first-order chi connectivity index (χ1) is 16.3. The standard InChI is InChI=1S/C21H52N10O2/c22-24-26-28-30-31-29-27-25-23-20-18-16-14-12-10-8-6-4-2-1-3-5-7-9-11-13-15-17-19-21(32)33/h23-31H,1-20,22H2,(H,32,33). The summed E-state index contributed by atoms with van der Waals surface area (Å²) < 4.78 is 0. The van der Waals surface area contributed by atoms with Crippen molar-refractivity contribution in [1.29, 1.82) is 0 Å². The number of aliphatic carboxylic acids is 1. The number of carboxylic acids is 1. The van der Waals surface area contributed by atoms with Crippen molar-refractivity contribution in [3.05, 3.63) is 0 Å². The van der Waals surface area contributed by atoms with E-state index in [0.29, 0.717) is 6.42 Å². The van der Waals surface area contributed by atoms with Gasteiger partial charge in [-0.15, -0.1) is 0 Å². The Morgan fingerprint density at radius 3 is 1.21 bits per heavy atom. The molecule has 0 aromatic rings. The molecule has 0 aliphatic carbocycles. The Balaban J connectivity index is 3.01. The van der Waals surface area contributed by atoms with Crippen LogP contribution >= 0.6 is 0 Å². The fourth-order valence-electron chi connectivity index (χ4n) is 3.62. The van der Waals surface area contributed by atoms with Gasteiger partial charge in [-0.25, -0.2) is 5.43 Å². The van der Waals surface area contributed by atoms with Crippen LogP contribution < -0.4 is 55.5 Å². The molecule has 198 valence electrons. The minimum Gasteiger partial charge on any atom is -0.481 e. The maximum Gasteiger partial charge on any atom is 0.303 e. The highest BCUT2D eigenvalue weighted by Gasteiger charge is 1.97. The molecule has 0 aliphatic heterocycles. The smallest absolute Gasteiger partial charge is 0.303 e. The van der Waals surface area contributed by atoms with Crippen LogP contribution in [-0.2, 0) is 4.79 Å². The largest absolute Gasteiger partial charge is 0.481 e. The molecule has 0 radical (unpaired) electrons. The van der Waals surface area contributed by atoms with Crippen LogP contribution in [0.4, 0.5) is 0 Å². The lowest BCUT2D eigenvalue weighted by molar-refractivity contribution is -0.137. The Bertz CT molecular complexity index is 394. The first-order valence-electron chi connectivity index (χ1n) is 12.9. The molecule has 0 heterocycles. The third kappa shape index (κ3) is 31.1. The van der Waals surface area contributed by atoms with E-state index in [1.165, 1.54) is 96.3 Å². The number of nitrogens with two attached hydrogens (primary N) is 1. The summed E-state index contributed by atoms with van der Waals surface area (Å²) in [5.41, 5.74) is 23.5. The lowest BCUT2D eigenvalue weighted by Gasteiger charge is -2.12. The molecule has 0 spiro atoms. The molecule has 33 heavy (non-hydrogen) atoms. The normalized spacial score (nSPS) is 11.3. The van der Waals surface area contributed by atoms with Gasteiger partial charge in [0.05, 0.1) is 0 Å². The van der Waals surface area contributed by atoms with Gasteiger partial charge in [0.1, 0.15) is 0 Å². The topological polar surface area (TPSA) is 172 Å². The minimum atomic E-state index is -0.664. The van der Waals surface area contributed by atoms with Crippen LogP contribution in [0.2, 0.25) is 0 Å². The zero-order valence-electron chi connectivity index (χ0n) is 20.6. The van der Waals surface area contributed by atoms with Gasteiger partial charge in [0.2, 0.25) is 0 Å². The summed E-state index contributed by atoms with van der Waals surface area (Å²) in [5, 5.41) is 8.60. The van der Waals surface area contributed by atoms with Gasteiger partial charge in [0.25, 0.3) is 0 Å². The van der Waals surface area contributed by atoms with Crippen molar-refractivity contribution in [1.82, 2.24) is 49.7 Å². The van der Waals surface area contributed by atoms with Crippen molar-refractivity contribution >= 4 is 5.97 Å². The lowest BCUT2D eigenvalue weighted by Crippen LogP contribution is -2.64. The number of carboxylic acid groups (broad SMARTS) is 1. The van der Waals surface area contributed by atoms with E-state index in [4.69, 9.17) is 10.9 Å². The maximum absolute atomic E-state index is 10.4. The molecule has 0 aromatic carbocycles. The van der Waals surface area contributed by atoms with Crippen molar-refractivity contribution in [3.8, 4) is 0 Å². The summed E-state index contributed by atoms with van der Waals surface area (Å²) in [6, 6.07) is 0. The van der Waals surface area contributed by atoms with Gasteiger partial charge in [0.15, 0.2) is 0 Å². The Hall–Kier alpha value is -0.930. The van der Waals surface area contributed by atoms with E-state index < -0.39 is 5.97 Å². The number of nitrogens with one attached hydrogen (secondary N) is 9. The van der Waals surface area contributed by atoms with E-state index >= 15 is 0 Å². The second-order valence-corrected chi connectivity index (χ2v) is 8.45. The summed E-state index contributed by atoms with van der Waals surface area (Å²) in [6.07, 6.45) is 23.5. The second-order valence-electron chi connectivity index (χ2n) is 8.45. The zero-order valence-corrected chi connectivity index (χ0v) is 20.6. The van der Waals surface area contributed by atoms with Crippen LogP contribution in [0.3, 0.4) is 0 Å². The monoisotopic (exact) mass is 476 g/mol. The maximum atomic E-state index is 10.4. The average molecular weight is 477 g/mol. The summed E-state index contributed by atoms with van der Waals surface area (Å²) in [4.78, 5) is 10.4. The van der Waals surface area contributed by atoms with Crippen molar-refractivity contribution < 1.29 is 9.90 Å². The molecule has 0 amide bonds. The lowest BCUT2D eigenvalue weighted by atomic mass is 10.0. The molecular weight excluding hydrogens is 424 g/mol. The predicted molar refractivity (Wildman–Crippen MR) is 133 cm³/mol. The van der Waals surface area contributed by atoms with E-state index in [0.717, 1.165) is 25.8 Å². The average Bonchev–Trinajstić information content (AvgIpc) is 2.80. The van der Waals surface area contributed by atoms with Gasteiger partial charge in [-0.05, 0) is 12.8 Å². The molecule has 0 unspecified atom stereocenters. The van der Waals surface area contributed by atoms with Crippen molar-refractivity contribution in [3.63, 3.8) is 0 Å².